The summed E-state index contributed by atoms with van der Waals surface area (Å²) >= 11 is 0. The second kappa shape index (κ2) is 6.48. The van der Waals surface area contributed by atoms with E-state index in [2.05, 4.69) is 0 Å². The minimum atomic E-state index is -2.68. The van der Waals surface area contributed by atoms with Gasteiger partial charge in [-0.2, -0.15) is 0 Å². The summed E-state index contributed by atoms with van der Waals surface area (Å²) in [6, 6.07) is 3.60. The normalized spacial score (nSPS) is 33.3. The molecule has 0 bridgehead atoms. The molecule has 1 unspecified atom stereocenters. The Balaban J connectivity index is 1.93. The summed E-state index contributed by atoms with van der Waals surface area (Å²) in [4.78, 5) is 52.7. The number of carbonyl (C=O) groups is 4. The smallest absolute Gasteiger partial charge is 0.235 e. The van der Waals surface area contributed by atoms with Crippen molar-refractivity contribution in [1.29, 1.82) is 0 Å². The molecule has 9 heteroatoms. The Hall–Kier alpha value is -3.04. The van der Waals surface area contributed by atoms with Crippen molar-refractivity contribution in [3.8, 4) is 5.75 Å². The lowest BCUT2D eigenvalue weighted by molar-refractivity contribution is -0.175. The predicted molar refractivity (Wildman–Crippen MR) is 103 cm³/mol. The van der Waals surface area contributed by atoms with E-state index in [9.17, 15) is 34.5 Å². The molecule has 5 atom stereocenters. The lowest BCUT2D eigenvalue weighted by atomic mass is 9.55. The van der Waals surface area contributed by atoms with Crippen molar-refractivity contribution < 1.29 is 34.5 Å². The Bertz CT molecular complexity index is 1040. The van der Waals surface area contributed by atoms with Gasteiger partial charge in [0, 0.05) is 11.5 Å². The summed E-state index contributed by atoms with van der Waals surface area (Å²) < 4.78 is 0. The third kappa shape index (κ3) is 2.42. The van der Waals surface area contributed by atoms with E-state index in [0.29, 0.717) is 5.56 Å². The number of phenolic OH excluding ortho intramolecular Hbond substituents is 1. The number of hydrogen-bond acceptors (Lipinski definition) is 8. The van der Waals surface area contributed by atoms with E-state index in [1.807, 2.05) is 0 Å². The molecule has 3 aliphatic carbocycles. The molecule has 0 aliphatic heterocycles. The van der Waals surface area contributed by atoms with Crippen LogP contribution in [0.2, 0.25) is 0 Å². The molecule has 0 heterocycles. The third-order valence-corrected chi connectivity index (χ3v) is 6.60. The molecule has 3 aliphatic rings. The van der Waals surface area contributed by atoms with Crippen molar-refractivity contribution in [2.24, 2.45) is 23.5 Å². The van der Waals surface area contributed by atoms with Gasteiger partial charge in [0.25, 0.3) is 0 Å². The van der Waals surface area contributed by atoms with E-state index in [1.165, 1.54) is 11.0 Å². The van der Waals surface area contributed by atoms with Crippen LogP contribution in [-0.2, 0) is 25.6 Å². The maximum atomic E-state index is 13.4. The van der Waals surface area contributed by atoms with Crippen LogP contribution in [0.5, 0.6) is 5.75 Å². The molecule has 0 aromatic heterocycles. The molecule has 2 fully saturated rings. The van der Waals surface area contributed by atoms with Gasteiger partial charge >= 0.3 is 0 Å². The number of Topliss-reactive ketones (excluding diaryl/α,β-unsaturated/α-hetero) is 3. The van der Waals surface area contributed by atoms with Crippen LogP contribution in [0.25, 0.3) is 5.76 Å². The zero-order chi connectivity index (χ0) is 22.1. The molecular formula is C21H22N2O7. The van der Waals surface area contributed by atoms with E-state index < -0.39 is 58.4 Å². The van der Waals surface area contributed by atoms with E-state index in [-0.39, 0.29) is 29.7 Å². The van der Waals surface area contributed by atoms with E-state index >= 15 is 0 Å². The van der Waals surface area contributed by atoms with Crippen LogP contribution in [0.3, 0.4) is 0 Å². The Morgan fingerprint density at radius 3 is 2.47 bits per heavy atom. The van der Waals surface area contributed by atoms with Gasteiger partial charge in [-0.25, -0.2) is 0 Å². The number of amides is 1. The van der Waals surface area contributed by atoms with Gasteiger partial charge in [0.15, 0.2) is 23.1 Å². The van der Waals surface area contributed by atoms with Crippen molar-refractivity contribution >= 4 is 29.0 Å². The first-order valence-corrected chi connectivity index (χ1v) is 9.57. The van der Waals surface area contributed by atoms with Crippen molar-refractivity contribution in [2.45, 2.75) is 24.5 Å². The molecule has 1 aromatic rings. The van der Waals surface area contributed by atoms with Gasteiger partial charge in [-0.3, -0.25) is 24.1 Å². The Morgan fingerprint density at radius 1 is 1.20 bits per heavy atom. The first kappa shape index (κ1) is 20.2. The Labute approximate surface area is 171 Å². The highest BCUT2D eigenvalue weighted by molar-refractivity contribution is 6.32. The summed E-state index contributed by atoms with van der Waals surface area (Å²) in [5, 5.41) is 32.3. The fourth-order valence-electron chi connectivity index (χ4n) is 5.32. The van der Waals surface area contributed by atoms with Crippen LogP contribution >= 0.6 is 0 Å². The third-order valence-electron chi connectivity index (χ3n) is 6.60. The highest BCUT2D eigenvalue weighted by Crippen LogP contribution is 2.51. The highest BCUT2D eigenvalue weighted by Gasteiger charge is 2.67. The van der Waals surface area contributed by atoms with Crippen LogP contribution in [0.1, 0.15) is 17.5 Å². The largest absolute Gasteiger partial charge is 0.507 e. The van der Waals surface area contributed by atoms with Crippen LogP contribution in [0, 0.1) is 17.8 Å². The molecule has 1 aromatic carbocycles. The SMILES string of the molecule is CN(C)[C@@H]1C(=O)C(C(N)=O)C(=O)[C@@]2(O)C(=O)C3=C(O)c4c(O)cccc4C[C@H]3C[C@@H]12. The van der Waals surface area contributed by atoms with Gasteiger partial charge < -0.3 is 21.1 Å². The summed E-state index contributed by atoms with van der Waals surface area (Å²) in [7, 11) is 3.11. The van der Waals surface area contributed by atoms with Crippen LogP contribution in [0.15, 0.2) is 23.8 Å². The minimum Gasteiger partial charge on any atom is -0.507 e. The average Bonchev–Trinajstić information content (AvgIpc) is 2.64. The maximum absolute atomic E-state index is 13.4. The fraction of sp³-hybridized carbons (Fsp3) is 0.429. The zero-order valence-corrected chi connectivity index (χ0v) is 16.5. The number of benzene rings is 1. The molecule has 1 amide bonds. The first-order valence-electron chi connectivity index (χ1n) is 9.57. The number of carbonyl (C=O) groups excluding carboxylic acids is 4. The van der Waals surface area contributed by atoms with Crippen LogP contribution in [-0.4, -0.2) is 69.2 Å². The zero-order valence-electron chi connectivity index (χ0n) is 16.5. The number of phenols is 1. The highest BCUT2D eigenvalue weighted by atomic mass is 16.3. The van der Waals surface area contributed by atoms with Gasteiger partial charge in [-0.05, 0) is 44.5 Å². The number of likely N-dealkylation sites (N-methyl/N-ethyl adjacent to an activating group) is 1. The van der Waals surface area contributed by atoms with E-state index in [0.717, 1.165) is 0 Å². The van der Waals surface area contributed by atoms with Crippen molar-refractivity contribution in [3.63, 3.8) is 0 Å². The summed E-state index contributed by atoms with van der Waals surface area (Å²) in [5.41, 5.74) is 3.10. The number of hydrogen-bond donors (Lipinski definition) is 4. The summed E-state index contributed by atoms with van der Waals surface area (Å²) in [6.45, 7) is 0. The number of aromatic hydroxyl groups is 1. The summed E-state index contributed by atoms with van der Waals surface area (Å²) in [6.07, 6.45) is 0.339. The lowest BCUT2D eigenvalue weighted by Gasteiger charge is -2.51. The molecule has 158 valence electrons. The molecule has 2 saturated carbocycles. The maximum Gasteiger partial charge on any atom is 0.235 e. The molecule has 5 N–H and O–H groups in total. The molecule has 0 spiro atoms. The molecule has 0 radical (unpaired) electrons. The molecule has 4 rings (SSSR count). The predicted octanol–water partition coefficient (Wildman–Crippen LogP) is -0.663. The van der Waals surface area contributed by atoms with Gasteiger partial charge in [-0.1, -0.05) is 12.1 Å². The second-order valence-electron chi connectivity index (χ2n) is 8.42. The number of rotatable bonds is 2. The monoisotopic (exact) mass is 414 g/mol. The van der Waals surface area contributed by atoms with Crippen molar-refractivity contribution in [1.82, 2.24) is 4.90 Å². The summed E-state index contributed by atoms with van der Waals surface area (Å²) in [5.74, 6) is -8.63. The standard InChI is InChI=1S/C21H22N2O7/c1-23(2)15-10-7-9-6-8-4-3-5-11(24)12(8)16(25)13(9)18(27)21(10,30)19(28)14(17(15)26)20(22)29/h3-5,9-10,14-15,24-25,30H,6-7H2,1-2H3,(H2,22,29)/t9-,10-,14?,15-,21-/m0/s1. The second-order valence-corrected chi connectivity index (χ2v) is 8.42. The van der Waals surface area contributed by atoms with Gasteiger partial charge in [0.05, 0.1) is 11.6 Å². The molecule has 30 heavy (non-hydrogen) atoms. The van der Waals surface area contributed by atoms with Crippen LogP contribution in [0.4, 0.5) is 0 Å². The van der Waals surface area contributed by atoms with Crippen LogP contribution < -0.4 is 5.73 Å². The topological polar surface area (TPSA) is 158 Å². The number of nitrogens with zero attached hydrogens (tertiary/aromatic N) is 1. The Morgan fingerprint density at radius 2 is 1.87 bits per heavy atom. The number of primary amides is 1. The number of aliphatic hydroxyl groups excluding tert-OH is 1. The quantitative estimate of drug-likeness (QED) is 0.464. The molecular weight excluding hydrogens is 392 g/mol. The number of fused-ring (bicyclic) bond motifs is 3. The van der Waals surface area contributed by atoms with Gasteiger partial charge in [0.1, 0.15) is 11.5 Å². The van der Waals surface area contributed by atoms with Crippen molar-refractivity contribution in [2.75, 3.05) is 14.1 Å². The number of nitrogens with two attached hydrogens (primary N) is 1. The Kier molecular flexibility index (Phi) is 4.37. The fourth-order valence-corrected chi connectivity index (χ4v) is 5.32. The lowest BCUT2D eigenvalue weighted by Crippen LogP contribution is -2.72. The van der Waals surface area contributed by atoms with Gasteiger partial charge in [0.2, 0.25) is 11.7 Å². The van der Waals surface area contributed by atoms with E-state index in [4.69, 9.17) is 5.73 Å². The van der Waals surface area contributed by atoms with Crippen molar-refractivity contribution in [3.05, 3.63) is 34.9 Å². The first-order chi connectivity index (χ1) is 14.0. The van der Waals surface area contributed by atoms with E-state index in [1.54, 1.807) is 26.2 Å². The minimum absolute atomic E-state index is 0.0581. The number of aliphatic hydroxyl groups is 2. The average molecular weight is 414 g/mol. The number of ketones is 3. The van der Waals surface area contributed by atoms with Gasteiger partial charge in [-0.15, -0.1) is 0 Å². The molecule has 0 saturated heterocycles. The molecule has 9 nitrogen and oxygen atoms in total.